The molecule has 1 aromatic carbocycles. The molecule has 0 bridgehead atoms. The lowest BCUT2D eigenvalue weighted by atomic mass is 9.94. The first-order chi connectivity index (χ1) is 6.93. The first kappa shape index (κ1) is 12.2. The topological polar surface area (TPSA) is 35.2 Å². The maximum atomic E-state index is 6.01. The van der Waals surface area contributed by atoms with Gasteiger partial charge >= 0.3 is 0 Å². The predicted molar refractivity (Wildman–Crippen MR) is 63.8 cm³/mol. The van der Waals surface area contributed by atoms with E-state index in [2.05, 4.69) is 31.2 Å². The van der Waals surface area contributed by atoms with E-state index in [1.54, 1.807) is 7.11 Å². The highest BCUT2D eigenvalue weighted by molar-refractivity contribution is 5.27. The van der Waals surface area contributed by atoms with Crippen LogP contribution in [-0.2, 0) is 16.7 Å². The van der Waals surface area contributed by atoms with Gasteiger partial charge < -0.3 is 10.5 Å². The van der Waals surface area contributed by atoms with Crippen LogP contribution >= 0.6 is 0 Å². The van der Waals surface area contributed by atoms with Crippen molar-refractivity contribution in [1.82, 2.24) is 0 Å². The Morgan fingerprint density at radius 3 is 2.20 bits per heavy atom. The molecule has 0 fully saturated rings. The fraction of sp³-hybridized carbons (Fsp3) is 0.538. The van der Waals surface area contributed by atoms with Gasteiger partial charge in [-0.1, -0.05) is 24.3 Å². The molecular weight excluding hydrogens is 186 g/mol. The second-order valence-electron chi connectivity index (χ2n) is 4.67. The molecule has 0 saturated carbocycles. The summed E-state index contributed by atoms with van der Waals surface area (Å²) in [5, 5.41) is 0. The van der Waals surface area contributed by atoms with Crippen molar-refractivity contribution in [2.45, 2.75) is 38.8 Å². The van der Waals surface area contributed by atoms with E-state index in [-0.39, 0.29) is 11.6 Å². The van der Waals surface area contributed by atoms with Crippen LogP contribution in [-0.4, -0.2) is 13.2 Å². The average Bonchev–Trinajstić information content (AvgIpc) is 2.17. The first-order valence-corrected chi connectivity index (χ1v) is 5.34. The van der Waals surface area contributed by atoms with Crippen molar-refractivity contribution in [3.8, 4) is 0 Å². The highest BCUT2D eigenvalue weighted by Gasteiger charge is 2.13. The van der Waals surface area contributed by atoms with Crippen LogP contribution in [0.15, 0.2) is 24.3 Å². The molecule has 0 aliphatic carbocycles. The number of ether oxygens (including phenoxy) is 1. The lowest BCUT2D eigenvalue weighted by Crippen LogP contribution is -2.28. The van der Waals surface area contributed by atoms with Crippen molar-refractivity contribution in [3.05, 3.63) is 35.4 Å². The molecule has 0 radical (unpaired) electrons. The van der Waals surface area contributed by atoms with E-state index < -0.39 is 0 Å². The van der Waals surface area contributed by atoms with Gasteiger partial charge in [0.2, 0.25) is 0 Å². The van der Waals surface area contributed by atoms with Crippen LogP contribution in [0.4, 0.5) is 0 Å². The zero-order valence-electron chi connectivity index (χ0n) is 10.1. The number of benzene rings is 1. The zero-order valence-corrected chi connectivity index (χ0v) is 10.1. The van der Waals surface area contributed by atoms with Gasteiger partial charge in [0.1, 0.15) is 0 Å². The van der Waals surface area contributed by atoms with E-state index in [1.165, 1.54) is 5.56 Å². The minimum atomic E-state index is -0.259. The van der Waals surface area contributed by atoms with Crippen LogP contribution in [0, 0.1) is 0 Å². The van der Waals surface area contributed by atoms with E-state index in [9.17, 15) is 0 Å². The van der Waals surface area contributed by atoms with Gasteiger partial charge in [-0.25, -0.2) is 0 Å². The van der Waals surface area contributed by atoms with Gasteiger partial charge in [-0.3, -0.25) is 0 Å². The third-order valence-corrected chi connectivity index (χ3v) is 2.62. The minimum absolute atomic E-state index is 0.259. The highest BCUT2D eigenvalue weighted by Crippen LogP contribution is 2.17. The molecule has 2 heteroatoms. The summed E-state index contributed by atoms with van der Waals surface area (Å²) in [6.45, 7) is 6.10. The molecule has 2 nitrogen and oxygen atoms in total. The van der Waals surface area contributed by atoms with Crippen LogP contribution in [0.1, 0.15) is 31.9 Å². The first-order valence-electron chi connectivity index (χ1n) is 5.34. The molecule has 0 saturated heterocycles. The van der Waals surface area contributed by atoms with Crippen LogP contribution in [0.25, 0.3) is 0 Å². The Morgan fingerprint density at radius 2 is 1.80 bits per heavy atom. The van der Waals surface area contributed by atoms with E-state index in [0.717, 1.165) is 12.0 Å². The maximum absolute atomic E-state index is 6.01. The second kappa shape index (κ2) is 4.77. The van der Waals surface area contributed by atoms with Crippen LogP contribution in [0.5, 0.6) is 0 Å². The summed E-state index contributed by atoms with van der Waals surface area (Å²) in [5.74, 6) is 0. The summed E-state index contributed by atoms with van der Waals surface area (Å²) in [6, 6.07) is 8.44. The molecule has 15 heavy (non-hydrogen) atoms. The molecule has 1 unspecified atom stereocenters. The number of hydrogen-bond acceptors (Lipinski definition) is 2. The molecular formula is C13H21NO. The van der Waals surface area contributed by atoms with Crippen LogP contribution < -0.4 is 5.73 Å². The van der Waals surface area contributed by atoms with Gasteiger partial charge in [0.05, 0.1) is 6.10 Å². The van der Waals surface area contributed by atoms with E-state index >= 15 is 0 Å². The Balaban J connectivity index is 2.73. The quantitative estimate of drug-likeness (QED) is 0.823. The molecule has 2 N–H and O–H groups in total. The van der Waals surface area contributed by atoms with Crippen molar-refractivity contribution < 1.29 is 4.74 Å². The monoisotopic (exact) mass is 207 g/mol. The van der Waals surface area contributed by atoms with Crippen LogP contribution in [0.3, 0.4) is 0 Å². The molecule has 0 aliphatic rings. The molecule has 1 atom stereocenters. The van der Waals surface area contributed by atoms with E-state index in [4.69, 9.17) is 10.5 Å². The SMILES string of the molecule is COC(C)Cc1ccc(C(C)(C)N)cc1. The van der Waals surface area contributed by atoms with Gasteiger partial charge in [0.15, 0.2) is 0 Å². The van der Waals surface area contributed by atoms with Gasteiger partial charge in [0, 0.05) is 12.6 Å². The predicted octanol–water partition coefficient (Wildman–Crippen LogP) is 2.46. The number of nitrogens with two attached hydrogens (primary N) is 1. The number of rotatable bonds is 4. The molecule has 0 heterocycles. The Labute approximate surface area is 92.4 Å². The van der Waals surface area contributed by atoms with Crippen molar-refractivity contribution >= 4 is 0 Å². The molecule has 0 aromatic heterocycles. The van der Waals surface area contributed by atoms with E-state index in [1.807, 2.05) is 13.8 Å². The Bertz CT molecular complexity index is 297. The summed E-state index contributed by atoms with van der Waals surface area (Å²) < 4.78 is 5.23. The zero-order chi connectivity index (χ0) is 11.5. The molecule has 0 spiro atoms. The van der Waals surface area contributed by atoms with Gasteiger partial charge in [0.25, 0.3) is 0 Å². The number of hydrogen-bond donors (Lipinski definition) is 1. The molecule has 0 aliphatic heterocycles. The standard InChI is InChI=1S/C13H21NO/c1-10(15-4)9-11-5-7-12(8-6-11)13(2,3)14/h5-8,10H,9,14H2,1-4H3. The Kier molecular flexibility index (Phi) is 3.89. The summed E-state index contributed by atoms with van der Waals surface area (Å²) in [5.41, 5.74) is 8.20. The summed E-state index contributed by atoms with van der Waals surface area (Å²) in [6.07, 6.45) is 1.21. The third-order valence-electron chi connectivity index (χ3n) is 2.62. The smallest absolute Gasteiger partial charge is 0.0583 e. The van der Waals surface area contributed by atoms with Crippen molar-refractivity contribution in [3.63, 3.8) is 0 Å². The van der Waals surface area contributed by atoms with Gasteiger partial charge in [-0.2, -0.15) is 0 Å². The summed E-state index contributed by atoms with van der Waals surface area (Å²) >= 11 is 0. The second-order valence-corrected chi connectivity index (χ2v) is 4.67. The van der Waals surface area contributed by atoms with Gasteiger partial charge in [-0.05, 0) is 38.3 Å². The van der Waals surface area contributed by atoms with Gasteiger partial charge in [-0.15, -0.1) is 0 Å². The average molecular weight is 207 g/mol. The Hall–Kier alpha value is -0.860. The fourth-order valence-corrected chi connectivity index (χ4v) is 1.49. The van der Waals surface area contributed by atoms with Crippen molar-refractivity contribution in [2.75, 3.05) is 7.11 Å². The van der Waals surface area contributed by atoms with E-state index in [0.29, 0.717) is 0 Å². The lowest BCUT2D eigenvalue weighted by Gasteiger charge is -2.19. The fourth-order valence-electron chi connectivity index (χ4n) is 1.49. The third kappa shape index (κ3) is 3.65. The molecule has 1 aromatic rings. The highest BCUT2D eigenvalue weighted by atomic mass is 16.5. The summed E-state index contributed by atoms with van der Waals surface area (Å²) in [7, 11) is 1.74. The number of methoxy groups -OCH3 is 1. The molecule has 0 amide bonds. The normalized spacial score (nSPS) is 13.9. The lowest BCUT2D eigenvalue weighted by molar-refractivity contribution is 0.119. The molecule has 1 rings (SSSR count). The minimum Gasteiger partial charge on any atom is -0.381 e. The maximum Gasteiger partial charge on any atom is 0.0583 e. The Morgan fingerprint density at radius 1 is 1.27 bits per heavy atom. The van der Waals surface area contributed by atoms with Crippen molar-refractivity contribution in [2.24, 2.45) is 5.73 Å². The van der Waals surface area contributed by atoms with Crippen molar-refractivity contribution in [1.29, 1.82) is 0 Å². The van der Waals surface area contributed by atoms with Crippen LogP contribution in [0.2, 0.25) is 0 Å². The largest absolute Gasteiger partial charge is 0.381 e. The molecule has 84 valence electrons. The summed E-state index contributed by atoms with van der Waals surface area (Å²) in [4.78, 5) is 0.